The Labute approximate surface area is 225 Å². The zero-order chi connectivity index (χ0) is 27.8. The molecule has 0 unspecified atom stereocenters. The lowest BCUT2D eigenvalue weighted by Crippen LogP contribution is -2.67. The van der Waals surface area contributed by atoms with Crippen LogP contribution in [-0.2, 0) is 20.5 Å². The van der Waals surface area contributed by atoms with Gasteiger partial charge < -0.3 is 15.5 Å². The number of benzene rings is 4. The number of carbonyl (C=O) groups excluding carboxylic acids is 1. The molecule has 1 amide bonds. The molecule has 3 atom stereocenters. The predicted octanol–water partition coefficient (Wildman–Crippen LogP) is 4.95. The van der Waals surface area contributed by atoms with E-state index in [1.807, 2.05) is 42.5 Å². The van der Waals surface area contributed by atoms with E-state index in [9.17, 15) is 32.4 Å². The van der Waals surface area contributed by atoms with Gasteiger partial charge in [-0.3, -0.25) is 9.35 Å². The summed E-state index contributed by atoms with van der Waals surface area (Å²) in [5.41, 5.74) is 2.67. The third-order valence-electron chi connectivity index (χ3n) is 7.28. The number of phenols is 1. The first-order chi connectivity index (χ1) is 18.6. The molecule has 39 heavy (non-hydrogen) atoms. The van der Waals surface area contributed by atoms with Crippen LogP contribution >= 0.6 is 0 Å². The zero-order valence-electron chi connectivity index (χ0n) is 20.7. The molecule has 0 saturated carbocycles. The fourth-order valence-electron chi connectivity index (χ4n) is 5.27. The maximum absolute atomic E-state index is 13.3. The maximum Gasteiger partial charge on any atom is 0.298 e. The van der Waals surface area contributed by atoms with Gasteiger partial charge >= 0.3 is 0 Å². The number of hydrogen-bond acceptors (Lipinski definition) is 5. The van der Waals surface area contributed by atoms with E-state index in [0.717, 1.165) is 17.2 Å². The molecule has 4 aromatic carbocycles. The maximum atomic E-state index is 13.3. The molecule has 0 aliphatic carbocycles. The summed E-state index contributed by atoms with van der Waals surface area (Å²) in [6.07, 6.45) is -0.171. The minimum Gasteiger partial charge on any atom is -0.506 e. The molecule has 4 N–H and O–H groups in total. The van der Waals surface area contributed by atoms with Crippen molar-refractivity contribution < 1.29 is 32.4 Å². The van der Waals surface area contributed by atoms with E-state index < -0.39 is 38.3 Å². The molecule has 0 bridgehead atoms. The Morgan fingerprint density at radius 3 is 2.08 bits per heavy atom. The Morgan fingerprint density at radius 1 is 0.872 bits per heavy atom. The number of nitrogens with one attached hydrogen (secondary N) is 1. The van der Waals surface area contributed by atoms with Crippen molar-refractivity contribution >= 4 is 16.0 Å². The van der Waals surface area contributed by atoms with Gasteiger partial charge in [-0.2, -0.15) is 8.42 Å². The van der Waals surface area contributed by atoms with E-state index in [-0.39, 0.29) is 11.7 Å². The Kier molecular flexibility index (Phi) is 6.98. The summed E-state index contributed by atoms with van der Waals surface area (Å²) < 4.78 is 45.4. The van der Waals surface area contributed by atoms with E-state index in [2.05, 4.69) is 5.32 Å². The largest absolute Gasteiger partial charge is 0.506 e. The van der Waals surface area contributed by atoms with Crippen LogP contribution in [0, 0.1) is 11.7 Å². The fraction of sp³-hybridized carbons (Fsp3) is 0.167. The quantitative estimate of drug-likeness (QED) is 0.183. The number of phenolic OH excluding ortho intramolecular Hbond substituents is 1. The second kappa shape index (κ2) is 10.3. The van der Waals surface area contributed by atoms with Gasteiger partial charge in [0.15, 0.2) is 0 Å². The summed E-state index contributed by atoms with van der Waals surface area (Å²) >= 11 is 0. The molecule has 9 heteroatoms. The fourth-order valence-corrected chi connectivity index (χ4v) is 5.83. The Balaban J connectivity index is 1.45. The highest BCUT2D eigenvalue weighted by Gasteiger charge is 2.55. The molecule has 1 heterocycles. The van der Waals surface area contributed by atoms with Gasteiger partial charge in [0.2, 0.25) is 5.91 Å². The van der Waals surface area contributed by atoms with Gasteiger partial charge in [-0.1, -0.05) is 72.8 Å². The van der Waals surface area contributed by atoms with Crippen LogP contribution in [0.5, 0.6) is 5.75 Å². The smallest absolute Gasteiger partial charge is 0.298 e. The first-order valence-electron chi connectivity index (χ1n) is 12.3. The number of amides is 1. The lowest BCUT2D eigenvalue weighted by molar-refractivity contribution is -0.140. The van der Waals surface area contributed by atoms with Crippen molar-refractivity contribution in [3.8, 4) is 16.9 Å². The van der Waals surface area contributed by atoms with Gasteiger partial charge in [0, 0.05) is 0 Å². The van der Waals surface area contributed by atoms with Crippen molar-refractivity contribution in [1.29, 1.82) is 0 Å². The normalized spacial score (nSPS) is 19.7. The van der Waals surface area contributed by atoms with Crippen LogP contribution in [0.15, 0.2) is 102 Å². The number of aromatic hydroxyl groups is 1. The van der Waals surface area contributed by atoms with E-state index in [0.29, 0.717) is 29.5 Å². The predicted molar refractivity (Wildman–Crippen MR) is 143 cm³/mol. The minimum absolute atomic E-state index is 0.139. The minimum atomic E-state index is -4.55. The number of aliphatic hydroxyl groups is 1. The number of halogens is 1. The summed E-state index contributed by atoms with van der Waals surface area (Å²) in [4.78, 5) is 12.3. The Bertz CT molecular complexity index is 1610. The van der Waals surface area contributed by atoms with Gasteiger partial charge in [-0.15, -0.1) is 0 Å². The summed E-state index contributed by atoms with van der Waals surface area (Å²) in [6.45, 7) is 0. The molecule has 7 nitrogen and oxygen atoms in total. The van der Waals surface area contributed by atoms with Crippen LogP contribution < -0.4 is 5.32 Å². The first kappa shape index (κ1) is 26.6. The van der Waals surface area contributed by atoms with Crippen LogP contribution in [0.25, 0.3) is 11.1 Å². The highest BCUT2D eigenvalue weighted by atomic mass is 32.2. The summed E-state index contributed by atoms with van der Waals surface area (Å²) in [6, 6.07) is 26.4. The molecule has 0 radical (unpaired) electrons. The van der Waals surface area contributed by atoms with Gasteiger partial charge in [0.1, 0.15) is 22.0 Å². The SMILES string of the molecule is O=C1N[C@@](c2ccccc2)(c2ccc(-c3ccc(S(=O)(=O)O)c(O)c3)cc2)[C@H]1CC[C@H](O)c1ccc(F)cc1. The average Bonchev–Trinajstić information content (AvgIpc) is 2.91. The Hall–Kier alpha value is -4.05. The van der Waals surface area contributed by atoms with Crippen molar-refractivity contribution in [2.75, 3.05) is 0 Å². The lowest BCUT2D eigenvalue weighted by atomic mass is 9.64. The van der Waals surface area contributed by atoms with Crippen molar-refractivity contribution in [2.24, 2.45) is 5.92 Å². The van der Waals surface area contributed by atoms with Crippen molar-refractivity contribution in [3.63, 3.8) is 0 Å². The van der Waals surface area contributed by atoms with Crippen molar-refractivity contribution in [2.45, 2.75) is 29.4 Å². The highest BCUT2D eigenvalue weighted by molar-refractivity contribution is 7.86. The first-order valence-corrected chi connectivity index (χ1v) is 13.8. The van der Waals surface area contributed by atoms with E-state index in [4.69, 9.17) is 0 Å². The van der Waals surface area contributed by atoms with Gasteiger partial charge in [-0.25, -0.2) is 4.39 Å². The summed E-state index contributed by atoms with van der Waals surface area (Å²) in [5.74, 6) is -1.56. The standard InChI is InChI=1S/C30H26FNO6S/c31-24-13-8-20(9-14-24)26(33)16-15-25-29(35)32-30(25,22-4-2-1-3-5-22)23-11-6-19(7-12-23)21-10-17-28(27(34)18-21)39(36,37)38/h1-14,17-18,25-26,33-34H,15-16H2,(H,32,35)(H,36,37,38)/t25-,26-,30-/m0/s1. The third kappa shape index (κ3) is 5.04. The molecular formula is C30H26FNO6S. The summed E-state index contributed by atoms with van der Waals surface area (Å²) in [7, 11) is -4.55. The molecule has 0 aromatic heterocycles. The van der Waals surface area contributed by atoms with Crippen LogP contribution in [0.3, 0.4) is 0 Å². The Morgan fingerprint density at radius 2 is 1.49 bits per heavy atom. The molecular weight excluding hydrogens is 521 g/mol. The number of carbonyl (C=O) groups is 1. The van der Waals surface area contributed by atoms with Crippen LogP contribution in [0.2, 0.25) is 0 Å². The van der Waals surface area contributed by atoms with Crippen LogP contribution in [0.4, 0.5) is 4.39 Å². The zero-order valence-corrected chi connectivity index (χ0v) is 21.5. The lowest BCUT2D eigenvalue weighted by Gasteiger charge is -2.50. The van der Waals surface area contributed by atoms with Crippen molar-refractivity contribution in [1.82, 2.24) is 5.32 Å². The van der Waals surface area contributed by atoms with Crippen LogP contribution in [0.1, 0.15) is 35.6 Å². The number of hydrogen-bond donors (Lipinski definition) is 4. The van der Waals surface area contributed by atoms with Crippen LogP contribution in [-0.4, -0.2) is 29.1 Å². The number of rotatable bonds is 8. The number of β-lactam (4-membered cyclic amide) rings is 1. The molecule has 1 aliphatic heterocycles. The second-order valence-electron chi connectivity index (χ2n) is 9.60. The molecule has 4 aromatic rings. The van der Waals surface area contributed by atoms with E-state index >= 15 is 0 Å². The van der Waals surface area contributed by atoms with Crippen molar-refractivity contribution in [3.05, 3.63) is 120 Å². The highest BCUT2D eigenvalue weighted by Crippen LogP contribution is 2.47. The van der Waals surface area contributed by atoms with E-state index in [1.54, 1.807) is 12.1 Å². The summed E-state index contributed by atoms with van der Waals surface area (Å²) in [5, 5.41) is 23.9. The second-order valence-corrected chi connectivity index (χ2v) is 11.0. The monoisotopic (exact) mass is 547 g/mol. The molecule has 5 rings (SSSR count). The average molecular weight is 548 g/mol. The number of aliphatic hydroxyl groups excluding tert-OH is 1. The van der Waals surface area contributed by atoms with Gasteiger partial charge in [-0.05, 0) is 64.9 Å². The van der Waals surface area contributed by atoms with Gasteiger partial charge in [0.05, 0.1) is 12.0 Å². The topological polar surface area (TPSA) is 124 Å². The molecule has 0 spiro atoms. The van der Waals surface area contributed by atoms with E-state index in [1.165, 1.54) is 36.4 Å². The molecule has 1 aliphatic rings. The van der Waals surface area contributed by atoms with Gasteiger partial charge in [0.25, 0.3) is 10.1 Å². The molecule has 1 fully saturated rings. The third-order valence-corrected chi connectivity index (χ3v) is 8.18. The molecule has 1 saturated heterocycles. The molecule has 200 valence electrons.